The lowest BCUT2D eigenvalue weighted by Gasteiger charge is -2.22. The highest BCUT2D eigenvalue weighted by Crippen LogP contribution is 2.05. The number of hydrogen-bond acceptors (Lipinski definition) is 4. The third-order valence-electron chi connectivity index (χ3n) is 3.90. The number of benzene rings is 2. The molecule has 1 atom stereocenters. The summed E-state index contributed by atoms with van der Waals surface area (Å²) in [6.45, 7) is 4.16. The molecule has 0 amide bonds. The number of aliphatic hydroxyl groups excluding tert-OH is 3. The minimum Gasteiger partial charge on any atom is -0.396 e. The molecule has 0 aliphatic rings. The molecular weight excluding hydrogens is 326 g/mol. The number of nitrogens with zero attached hydrogens (tertiary/aromatic N) is 1. The van der Waals surface area contributed by atoms with E-state index in [2.05, 4.69) is 12.1 Å². The average Bonchev–Trinajstić information content (AvgIpc) is 2.64. The van der Waals surface area contributed by atoms with Gasteiger partial charge < -0.3 is 15.3 Å². The van der Waals surface area contributed by atoms with Crippen LogP contribution in [0.25, 0.3) is 0 Å². The first kappa shape index (κ1) is 22.3. The van der Waals surface area contributed by atoms with E-state index in [-0.39, 0.29) is 12.7 Å². The molecule has 2 aromatic rings. The van der Waals surface area contributed by atoms with E-state index in [1.165, 1.54) is 11.1 Å². The Morgan fingerprint density at radius 1 is 0.808 bits per heavy atom. The molecule has 2 rings (SSSR count). The molecule has 0 bridgehead atoms. The van der Waals surface area contributed by atoms with Gasteiger partial charge in [-0.2, -0.15) is 0 Å². The van der Waals surface area contributed by atoms with Crippen LogP contribution in [0, 0.1) is 0 Å². The van der Waals surface area contributed by atoms with Crippen LogP contribution >= 0.6 is 0 Å². The fourth-order valence-electron chi connectivity index (χ4n) is 2.68. The highest BCUT2D eigenvalue weighted by atomic mass is 16.3. The number of rotatable bonds is 10. The van der Waals surface area contributed by atoms with Crippen molar-refractivity contribution in [1.29, 1.82) is 0 Å². The lowest BCUT2D eigenvalue weighted by molar-refractivity contribution is 0.107. The van der Waals surface area contributed by atoms with E-state index in [0.29, 0.717) is 19.7 Å². The fourth-order valence-corrected chi connectivity index (χ4v) is 2.68. The molecule has 0 spiro atoms. The van der Waals surface area contributed by atoms with Crippen LogP contribution in [-0.2, 0) is 13.0 Å². The number of unbranched alkanes of at least 4 members (excludes halogenated alkanes) is 1. The summed E-state index contributed by atoms with van der Waals surface area (Å²) in [4.78, 5) is 2.04. The second-order valence-corrected chi connectivity index (χ2v) is 6.46. The molecule has 0 aliphatic carbocycles. The van der Waals surface area contributed by atoms with Gasteiger partial charge in [0.2, 0.25) is 0 Å². The SMILES string of the molecule is C[C@@H](O)CN(CCO)Cc1ccccc1.OCCCCc1ccccc1. The van der Waals surface area contributed by atoms with Crippen LogP contribution in [0.4, 0.5) is 0 Å². The Kier molecular flexibility index (Phi) is 12.4. The minimum absolute atomic E-state index is 0.125. The number of aryl methyl sites for hydroxylation is 1. The molecule has 0 saturated heterocycles. The molecule has 0 aromatic heterocycles. The van der Waals surface area contributed by atoms with Crippen molar-refractivity contribution >= 4 is 0 Å². The van der Waals surface area contributed by atoms with Crippen molar-refractivity contribution in [3.63, 3.8) is 0 Å². The van der Waals surface area contributed by atoms with Gasteiger partial charge in [0, 0.05) is 26.2 Å². The van der Waals surface area contributed by atoms with E-state index in [1.54, 1.807) is 6.92 Å². The Morgan fingerprint density at radius 2 is 1.38 bits per heavy atom. The maximum Gasteiger partial charge on any atom is 0.0639 e. The van der Waals surface area contributed by atoms with Crippen LogP contribution < -0.4 is 0 Å². The van der Waals surface area contributed by atoms with Crippen LogP contribution in [0.1, 0.15) is 30.9 Å². The molecule has 2 aromatic carbocycles. The normalized spacial score (nSPS) is 11.7. The molecule has 0 aliphatic heterocycles. The van der Waals surface area contributed by atoms with Crippen LogP contribution in [0.2, 0.25) is 0 Å². The fraction of sp³-hybridized carbons (Fsp3) is 0.455. The lowest BCUT2D eigenvalue weighted by Crippen LogP contribution is -2.32. The Morgan fingerprint density at radius 3 is 1.88 bits per heavy atom. The first-order valence-electron chi connectivity index (χ1n) is 9.35. The van der Waals surface area contributed by atoms with Crippen LogP contribution in [0.3, 0.4) is 0 Å². The third-order valence-corrected chi connectivity index (χ3v) is 3.90. The zero-order valence-electron chi connectivity index (χ0n) is 15.8. The van der Waals surface area contributed by atoms with Crippen molar-refractivity contribution in [2.24, 2.45) is 0 Å². The minimum atomic E-state index is -0.361. The summed E-state index contributed by atoms with van der Waals surface area (Å²) in [5.41, 5.74) is 2.56. The van der Waals surface area contributed by atoms with Crippen LogP contribution in [0.5, 0.6) is 0 Å². The summed E-state index contributed by atoms with van der Waals surface area (Å²) in [5, 5.41) is 26.8. The van der Waals surface area contributed by atoms with Gasteiger partial charge in [0.05, 0.1) is 12.7 Å². The molecule has 0 fully saturated rings. The topological polar surface area (TPSA) is 63.9 Å². The molecule has 4 nitrogen and oxygen atoms in total. The largest absolute Gasteiger partial charge is 0.396 e. The van der Waals surface area contributed by atoms with Crippen molar-refractivity contribution in [2.75, 3.05) is 26.3 Å². The van der Waals surface area contributed by atoms with Crippen molar-refractivity contribution in [2.45, 2.75) is 38.8 Å². The first-order valence-corrected chi connectivity index (χ1v) is 9.35. The molecule has 3 N–H and O–H groups in total. The van der Waals surface area contributed by atoms with E-state index in [9.17, 15) is 5.11 Å². The van der Waals surface area contributed by atoms with Gasteiger partial charge in [0.15, 0.2) is 0 Å². The maximum atomic E-state index is 9.30. The Hall–Kier alpha value is -1.72. The average molecular weight is 360 g/mol. The monoisotopic (exact) mass is 359 g/mol. The summed E-state index contributed by atoms with van der Waals surface area (Å²) < 4.78 is 0. The summed E-state index contributed by atoms with van der Waals surface area (Å²) in [7, 11) is 0. The quantitative estimate of drug-likeness (QED) is 0.571. The molecule has 0 radical (unpaired) electrons. The molecule has 4 heteroatoms. The smallest absolute Gasteiger partial charge is 0.0639 e. The van der Waals surface area contributed by atoms with Crippen LogP contribution in [0.15, 0.2) is 60.7 Å². The van der Waals surface area contributed by atoms with Gasteiger partial charge in [-0.3, -0.25) is 4.90 Å². The van der Waals surface area contributed by atoms with E-state index >= 15 is 0 Å². The number of aliphatic hydroxyl groups is 3. The molecule has 144 valence electrons. The van der Waals surface area contributed by atoms with Gasteiger partial charge in [0.1, 0.15) is 0 Å². The number of hydrogen-bond donors (Lipinski definition) is 3. The Bertz CT molecular complexity index is 546. The van der Waals surface area contributed by atoms with Gasteiger partial charge in [-0.15, -0.1) is 0 Å². The second kappa shape index (κ2) is 14.4. The van der Waals surface area contributed by atoms with Crippen LogP contribution in [-0.4, -0.2) is 52.6 Å². The van der Waals surface area contributed by atoms with E-state index < -0.39 is 0 Å². The second-order valence-electron chi connectivity index (χ2n) is 6.46. The lowest BCUT2D eigenvalue weighted by atomic mass is 10.1. The van der Waals surface area contributed by atoms with E-state index in [4.69, 9.17) is 10.2 Å². The highest BCUT2D eigenvalue weighted by Gasteiger charge is 2.07. The Balaban J connectivity index is 0.000000273. The van der Waals surface area contributed by atoms with Crippen molar-refractivity contribution in [3.8, 4) is 0 Å². The Labute approximate surface area is 157 Å². The van der Waals surface area contributed by atoms with Gasteiger partial charge in [-0.25, -0.2) is 0 Å². The summed E-state index contributed by atoms with van der Waals surface area (Å²) in [6, 6.07) is 20.4. The van der Waals surface area contributed by atoms with Crippen molar-refractivity contribution in [1.82, 2.24) is 4.90 Å². The molecular formula is C22H33NO3. The molecule has 0 unspecified atom stereocenters. The predicted octanol–water partition coefficient (Wildman–Crippen LogP) is 2.86. The summed E-state index contributed by atoms with van der Waals surface area (Å²) >= 11 is 0. The summed E-state index contributed by atoms with van der Waals surface area (Å²) in [6.07, 6.45) is 2.72. The molecule has 26 heavy (non-hydrogen) atoms. The van der Waals surface area contributed by atoms with Crippen molar-refractivity contribution < 1.29 is 15.3 Å². The maximum absolute atomic E-state index is 9.30. The van der Waals surface area contributed by atoms with E-state index in [1.807, 2.05) is 53.4 Å². The zero-order valence-corrected chi connectivity index (χ0v) is 15.8. The third kappa shape index (κ3) is 11.0. The van der Waals surface area contributed by atoms with Gasteiger partial charge in [0.25, 0.3) is 0 Å². The summed E-state index contributed by atoms with van der Waals surface area (Å²) in [5.74, 6) is 0. The zero-order chi connectivity index (χ0) is 19.0. The standard InChI is InChI=1S/C12H19NO2.C10H14O/c1-11(15)9-13(7-8-14)10-12-5-3-2-4-6-12;11-9-5-4-8-10-6-2-1-3-7-10/h2-6,11,14-15H,7-10H2,1H3;1-3,6-7,11H,4-5,8-9H2/t11-;/m1./s1. The van der Waals surface area contributed by atoms with E-state index in [0.717, 1.165) is 25.8 Å². The predicted molar refractivity (Wildman–Crippen MR) is 107 cm³/mol. The molecule has 0 saturated carbocycles. The molecule has 0 heterocycles. The van der Waals surface area contributed by atoms with Gasteiger partial charge >= 0.3 is 0 Å². The van der Waals surface area contributed by atoms with Gasteiger partial charge in [-0.05, 0) is 37.3 Å². The highest BCUT2D eigenvalue weighted by molar-refractivity contribution is 5.15. The first-order chi connectivity index (χ1) is 12.7. The van der Waals surface area contributed by atoms with Crippen molar-refractivity contribution in [3.05, 3.63) is 71.8 Å². The van der Waals surface area contributed by atoms with Gasteiger partial charge in [-0.1, -0.05) is 60.7 Å².